The Kier molecular flexibility index (Phi) is 9.42. The Morgan fingerprint density at radius 1 is 1.29 bits per heavy atom. The molecule has 0 aliphatic heterocycles. The van der Waals surface area contributed by atoms with Crippen LogP contribution in [0.4, 0.5) is 11.4 Å². The highest BCUT2D eigenvalue weighted by molar-refractivity contribution is 14.0. The summed E-state index contributed by atoms with van der Waals surface area (Å²) >= 11 is 0. The summed E-state index contributed by atoms with van der Waals surface area (Å²) < 4.78 is 0. The Bertz CT molecular complexity index is 462. The van der Waals surface area contributed by atoms with Gasteiger partial charge in [0.25, 0.3) is 5.69 Å². The third-order valence-electron chi connectivity index (χ3n) is 2.47. The van der Waals surface area contributed by atoms with Gasteiger partial charge in [0.15, 0.2) is 5.96 Å². The summed E-state index contributed by atoms with van der Waals surface area (Å²) in [7, 11) is 1.72. The number of rotatable bonds is 6. The molecule has 0 unspecified atom stereocenters. The molecule has 8 heteroatoms. The minimum atomic E-state index is -0.410. The van der Waals surface area contributed by atoms with Crippen LogP contribution in [0.2, 0.25) is 0 Å². The van der Waals surface area contributed by atoms with Crippen molar-refractivity contribution in [3.05, 3.63) is 34.4 Å². The first-order chi connectivity index (χ1) is 9.52. The molecule has 1 aromatic carbocycles. The predicted octanol–water partition coefficient (Wildman–Crippen LogP) is 2.20. The Labute approximate surface area is 141 Å². The van der Waals surface area contributed by atoms with Gasteiger partial charge < -0.3 is 16.0 Å². The van der Waals surface area contributed by atoms with Crippen molar-refractivity contribution in [1.82, 2.24) is 10.6 Å². The molecule has 0 atom stereocenters. The molecule has 0 aromatic heterocycles. The smallest absolute Gasteiger partial charge is 0.269 e. The molecule has 0 fully saturated rings. The molecule has 0 aliphatic carbocycles. The fraction of sp³-hybridized carbons (Fsp3) is 0.462. The molecule has 21 heavy (non-hydrogen) atoms. The van der Waals surface area contributed by atoms with Gasteiger partial charge in [-0.05, 0) is 26.0 Å². The van der Waals surface area contributed by atoms with Gasteiger partial charge in [0, 0.05) is 44.0 Å². The number of anilines is 1. The summed E-state index contributed by atoms with van der Waals surface area (Å²) in [5.41, 5.74) is 0.944. The van der Waals surface area contributed by atoms with Crippen LogP contribution in [0, 0.1) is 10.1 Å². The van der Waals surface area contributed by atoms with Crippen molar-refractivity contribution in [2.24, 2.45) is 4.99 Å². The third kappa shape index (κ3) is 7.69. The van der Waals surface area contributed by atoms with E-state index in [1.54, 1.807) is 19.2 Å². The molecule has 0 heterocycles. The average Bonchev–Trinajstić information content (AvgIpc) is 2.42. The maximum absolute atomic E-state index is 10.5. The topological polar surface area (TPSA) is 91.6 Å². The number of guanidine groups is 1. The summed E-state index contributed by atoms with van der Waals surface area (Å²) in [4.78, 5) is 14.2. The molecule has 7 nitrogen and oxygen atoms in total. The van der Waals surface area contributed by atoms with Crippen molar-refractivity contribution < 1.29 is 4.92 Å². The highest BCUT2D eigenvalue weighted by atomic mass is 127. The summed E-state index contributed by atoms with van der Waals surface area (Å²) in [6.07, 6.45) is 0. The second-order valence-corrected chi connectivity index (χ2v) is 4.53. The quantitative estimate of drug-likeness (QED) is 0.168. The molecule has 0 amide bonds. The van der Waals surface area contributed by atoms with E-state index >= 15 is 0 Å². The fourth-order valence-corrected chi connectivity index (χ4v) is 1.56. The van der Waals surface area contributed by atoms with Crippen molar-refractivity contribution in [3.8, 4) is 0 Å². The number of non-ortho nitro benzene ring substituents is 1. The summed E-state index contributed by atoms with van der Waals surface area (Å²) in [6, 6.07) is 6.67. The number of aliphatic imine (C=N–C) groups is 1. The predicted molar refractivity (Wildman–Crippen MR) is 96.6 cm³/mol. The van der Waals surface area contributed by atoms with Gasteiger partial charge >= 0.3 is 0 Å². The Balaban J connectivity index is 0.00000400. The summed E-state index contributed by atoms with van der Waals surface area (Å²) in [6.45, 7) is 5.48. The van der Waals surface area contributed by atoms with Crippen LogP contribution in [0.25, 0.3) is 0 Å². The SMILES string of the molecule is CN=C(NCCNc1ccc([N+](=O)[O-])cc1)NC(C)C.I. The molecule has 0 bridgehead atoms. The zero-order valence-corrected chi connectivity index (χ0v) is 14.8. The summed E-state index contributed by atoms with van der Waals surface area (Å²) in [5, 5.41) is 20.1. The van der Waals surface area contributed by atoms with Crippen molar-refractivity contribution in [2.45, 2.75) is 19.9 Å². The highest BCUT2D eigenvalue weighted by Crippen LogP contribution is 2.14. The molecule has 0 spiro atoms. The normalized spacial score (nSPS) is 10.8. The van der Waals surface area contributed by atoms with E-state index in [1.165, 1.54) is 12.1 Å². The third-order valence-corrected chi connectivity index (χ3v) is 2.47. The number of benzene rings is 1. The summed E-state index contributed by atoms with van der Waals surface area (Å²) in [5.74, 6) is 0.755. The van der Waals surface area contributed by atoms with Crippen molar-refractivity contribution in [2.75, 3.05) is 25.5 Å². The highest BCUT2D eigenvalue weighted by Gasteiger charge is 2.03. The van der Waals surface area contributed by atoms with Gasteiger partial charge in [-0.25, -0.2) is 0 Å². The molecule has 1 aromatic rings. The van der Waals surface area contributed by atoms with Gasteiger partial charge in [-0.3, -0.25) is 15.1 Å². The van der Waals surface area contributed by atoms with Crippen LogP contribution in [0.15, 0.2) is 29.3 Å². The van der Waals surface area contributed by atoms with Crippen molar-refractivity contribution in [1.29, 1.82) is 0 Å². The van der Waals surface area contributed by atoms with Crippen LogP contribution in [0.5, 0.6) is 0 Å². The Hall–Kier alpha value is -1.58. The second-order valence-electron chi connectivity index (χ2n) is 4.53. The van der Waals surface area contributed by atoms with E-state index in [9.17, 15) is 10.1 Å². The molecule has 0 saturated heterocycles. The standard InChI is InChI=1S/C13H21N5O2.HI/c1-10(2)17-13(14-3)16-9-8-15-11-4-6-12(7-5-11)18(19)20;/h4-7,10,15H,8-9H2,1-3H3,(H2,14,16,17);1H. The van der Waals surface area contributed by atoms with Crippen LogP contribution < -0.4 is 16.0 Å². The van der Waals surface area contributed by atoms with Gasteiger partial charge in [-0.1, -0.05) is 0 Å². The first-order valence-corrected chi connectivity index (χ1v) is 6.48. The van der Waals surface area contributed by atoms with Crippen LogP contribution in [0.1, 0.15) is 13.8 Å². The number of hydrogen-bond acceptors (Lipinski definition) is 4. The lowest BCUT2D eigenvalue weighted by Crippen LogP contribution is -2.42. The molecule has 0 radical (unpaired) electrons. The Morgan fingerprint density at radius 3 is 2.38 bits per heavy atom. The van der Waals surface area contributed by atoms with Gasteiger partial charge in [-0.2, -0.15) is 0 Å². The van der Waals surface area contributed by atoms with Gasteiger partial charge in [0.05, 0.1) is 4.92 Å². The van der Waals surface area contributed by atoms with E-state index in [-0.39, 0.29) is 29.7 Å². The van der Waals surface area contributed by atoms with E-state index in [0.29, 0.717) is 19.1 Å². The van der Waals surface area contributed by atoms with Crippen molar-refractivity contribution >= 4 is 41.3 Å². The lowest BCUT2D eigenvalue weighted by molar-refractivity contribution is -0.384. The Morgan fingerprint density at radius 2 is 1.90 bits per heavy atom. The minimum Gasteiger partial charge on any atom is -0.383 e. The zero-order chi connectivity index (χ0) is 15.0. The second kappa shape index (κ2) is 10.2. The molecule has 3 N–H and O–H groups in total. The van der Waals surface area contributed by atoms with E-state index in [0.717, 1.165) is 11.6 Å². The average molecular weight is 407 g/mol. The number of nitrogens with one attached hydrogen (secondary N) is 3. The number of nitrogens with zero attached hydrogens (tertiary/aromatic N) is 2. The van der Waals surface area contributed by atoms with Crippen LogP contribution in [0.3, 0.4) is 0 Å². The number of halogens is 1. The molecular formula is C13H22IN5O2. The first-order valence-electron chi connectivity index (χ1n) is 6.48. The molecule has 0 saturated carbocycles. The molecule has 0 aliphatic rings. The van der Waals surface area contributed by atoms with Crippen LogP contribution >= 0.6 is 24.0 Å². The largest absolute Gasteiger partial charge is 0.383 e. The van der Waals surface area contributed by atoms with E-state index in [4.69, 9.17) is 0 Å². The van der Waals surface area contributed by atoms with E-state index in [1.807, 2.05) is 13.8 Å². The monoisotopic (exact) mass is 407 g/mol. The lowest BCUT2D eigenvalue weighted by Gasteiger charge is -2.14. The zero-order valence-electron chi connectivity index (χ0n) is 12.4. The van der Waals surface area contributed by atoms with E-state index < -0.39 is 4.92 Å². The van der Waals surface area contributed by atoms with Gasteiger partial charge in [-0.15, -0.1) is 24.0 Å². The molecular weight excluding hydrogens is 385 g/mol. The number of hydrogen-bond donors (Lipinski definition) is 3. The van der Waals surface area contributed by atoms with E-state index in [2.05, 4.69) is 20.9 Å². The number of nitro groups is 1. The molecule has 118 valence electrons. The maximum Gasteiger partial charge on any atom is 0.269 e. The lowest BCUT2D eigenvalue weighted by atomic mass is 10.3. The van der Waals surface area contributed by atoms with Crippen LogP contribution in [-0.2, 0) is 0 Å². The van der Waals surface area contributed by atoms with Gasteiger partial charge in [0.1, 0.15) is 0 Å². The fourth-order valence-electron chi connectivity index (χ4n) is 1.56. The minimum absolute atomic E-state index is 0. The number of nitro benzene ring substituents is 1. The first kappa shape index (κ1) is 19.4. The van der Waals surface area contributed by atoms with Crippen LogP contribution in [-0.4, -0.2) is 37.1 Å². The van der Waals surface area contributed by atoms with Crippen molar-refractivity contribution in [3.63, 3.8) is 0 Å². The van der Waals surface area contributed by atoms with Gasteiger partial charge in [0.2, 0.25) is 0 Å². The molecule has 1 rings (SSSR count). The maximum atomic E-state index is 10.5.